The zero-order chi connectivity index (χ0) is 16.9. The van der Waals surface area contributed by atoms with Gasteiger partial charge in [0.2, 0.25) is 0 Å². The summed E-state index contributed by atoms with van der Waals surface area (Å²) in [6.07, 6.45) is 3.05. The van der Waals surface area contributed by atoms with Crippen molar-refractivity contribution < 1.29 is 9.53 Å². The predicted molar refractivity (Wildman–Crippen MR) is 89.7 cm³/mol. The van der Waals surface area contributed by atoms with Crippen molar-refractivity contribution in [2.45, 2.75) is 6.92 Å². The van der Waals surface area contributed by atoms with Crippen LogP contribution in [0, 0.1) is 11.3 Å². The van der Waals surface area contributed by atoms with E-state index in [1.54, 1.807) is 23.9 Å². The summed E-state index contributed by atoms with van der Waals surface area (Å²) in [6.45, 7) is 2.07. The quantitative estimate of drug-likeness (QED) is 0.690. The number of nitrogens with zero attached hydrogens (tertiary/aromatic N) is 3. The Labute approximate surface area is 139 Å². The van der Waals surface area contributed by atoms with Gasteiger partial charge in [-0.15, -0.1) is 0 Å². The van der Waals surface area contributed by atoms with E-state index in [-0.39, 0.29) is 0 Å². The summed E-state index contributed by atoms with van der Waals surface area (Å²) < 4.78 is 6.51. The van der Waals surface area contributed by atoms with Gasteiger partial charge in [-0.3, -0.25) is 0 Å². The molecule has 5 heteroatoms. The summed E-state index contributed by atoms with van der Waals surface area (Å²) in [5.41, 5.74) is 3.48. The number of rotatable bonds is 4. The molecule has 24 heavy (non-hydrogen) atoms. The largest absolute Gasteiger partial charge is 0.462 e. The van der Waals surface area contributed by atoms with Crippen LogP contribution in [0.2, 0.25) is 0 Å². The predicted octanol–water partition coefficient (Wildman–Crippen LogP) is 3.59. The smallest absolute Gasteiger partial charge is 0.341 e. The van der Waals surface area contributed by atoms with E-state index in [0.29, 0.717) is 23.4 Å². The van der Waals surface area contributed by atoms with E-state index in [9.17, 15) is 10.1 Å². The Balaban J connectivity index is 1.96. The van der Waals surface area contributed by atoms with Crippen LogP contribution < -0.4 is 0 Å². The zero-order valence-electron chi connectivity index (χ0n) is 13.1. The van der Waals surface area contributed by atoms with Crippen LogP contribution in [0.1, 0.15) is 22.8 Å². The summed E-state index contributed by atoms with van der Waals surface area (Å²) in [5, 5.41) is 13.6. The Morgan fingerprint density at radius 2 is 2.04 bits per heavy atom. The first-order chi connectivity index (χ1) is 11.7. The van der Waals surface area contributed by atoms with Gasteiger partial charge in [0, 0.05) is 6.20 Å². The fourth-order valence-electron chi connectivity index (χ4n) is 2.42. The van der Waals surface area contributed by atoms with Crippen molar-refractivity contribution >= 4 is 5.97 Å². The Kier molecular flexibility index (Phi) is 4.39. The fraction of sp³-hybridized carbons (Fsp3) is 0.105. The lowest BCUT2D eigenvalue weighted by Gasteiger charge is -2.07. The Morgan fingerprint density at radius 3 is 2.75 bits per heavy atom. The van der Waals surface area contributed by atoms with E-state index in [1.807, 2.05) is 42.5 Å². The molecule has 0 atom stereocenters. The van der Waals surface area contributed by atoms with Crippen molar-refractivity contribution in [2.24, 2.45) is 0 Å². The van der Waals surface area contributed by atoms with Crippen LogP contribution in [-0.2, 0) is 4.74 Å². The van der Waals surface area contributed by atoms with Crippen LogP contribution in [0.5, 0.6) is 0 Å². The highest BCUT2D eigenvalue weighted by Gasteiger charge is 2.12. The number of carbonyl (C=O) groups excluding carboxylic acids is 1. The third-order valence-corrected chi connectivity index (χ3v) is 3.57. The molecule has 0 radical (unpaired) electrons. The lowest BCUT2D eigenvalue weighted by atomic mass is 10.00. The molecule has 0 bridgehead atoms. The molecule has 3 aromatic rings. The maximum Gasteiger partial charge on any atom is 0.341 e. The molecule has 0 unspecified atom stereocenters. The van der Waals surface area contributed by atoms with Gasteiger partial charge < -0.3 is 4.74 Å². The lowest BCUT2D eigenvalue weighted by molar-refractivity contribution is 0.0526. The number of hydrogen-bond donors (Lipinski definition) is 0. The van der Waals surface area contributed by atoms with Gasteiger partial charge in [-0.2, -0.15) is 10.4 Å². The van der Waals surface area contributed by atoms with Crippen LogP contribution in [0.25, 0.3) is 16.8 Å². The van der Waals surface area contributed by atoms with E-state index in [0.717, 1.165) is 11.1 Å². The molecule has 0 aliphatic carbocycles. The van der Waals surface area contributed by atoms with Crippen molar-refractivity contribution in [2.75, 3.05) is 6.61 Å². The molecule has 0 N–H and O–H groups in total. The summed E-state index contributed by atoms with van der Waals surface area (Å²) in [6, 6.07) is 17.5. The molecular formula is C19H15N3O2. The van der Waals surface area contributed by atoms with Gasteiger partial charge in [0.25, 0.3) is 0 Å². The van der Waals surface area contributed by atoms with Crippen LogP contribution in [-0.4, -0.2) is 22.4 Å². The highest BCUT2D eigenvalue weighted by atomic mass is 16.5. The third kappa shape index (κ3) is 3.03. The molecule has 2 aromatic carbocycles. The minimum absolute atomic E-state index is 0.314. The van der Waals surface area contributed by atoms with Crippen molar-refractivity contribution in [1.82, 2.24) is 9.78 Å². The van der Waals surface area contributed by atoms with Crippen molar-refractivity contribution in [3.05, 3.63) is 72.1 Å². The molecule has 118 valence electrons. The molecule has 0 aliphatic heterocycles. The van der Waals surface area contributed by atoms with Crippen LogP contribution in [0.15, 0.2) is 60.9 Å². The maximum absolute atomic E-state index is 11.7. The Bertz CT molecular complexity index is 908. The number of benzene rings is 2. The standard InChI is InChI=1S/C19H15N3O2/c1-2-24-19(23)16-12-21-22(13-16)17-8-9-18(15(10-17)11-20)14-6-4-3-5-7-14/h3-10,12-13H,2H2,1H3. The lowest BCUT2D eigenvalue weighted by Crippen LogP contribution is -2.03. The molecule has 0 saturated carbocycles. The number of nitriles is 1. The summed E-state index contributed by atoms with van der Waals surface area (Å²) in [5.74, 6) is -0.412. The second kappa shape index (κ2) is 6.80. The van der Waals surface area contributed by atoms with Gasteiger partial charge in [-0.05, 0) is 30.2 Å². The highest BCUT2D eigenvalue weighted by molar-refractivity contribution is 5.88. The maximum atomic E-state index is 11.7. The SMILES string of the molecule is CCOC(=O)c1cnn(-c2ccc(-c3ccccc3)c(C#N)c2)c1. The van der Waals surface area contributed by atoms with Gasteiger partial charge >= 0.3 is 5.97 Å². The molecule has 0 aliphatic rings. The summed E-state index contributed by atoms with van der Waals surface area (Å²) in [4.78, 5) is 11.7. The summed E-state index contributed by atoms with van der Waals surface area (Å²) >= 11 is 0. The van der Waals surface area contributed by atoms with Crippen LogP contribution in [0.3, 0.4) is 0 Å². The molecule has 5 nitrogen and oxygen atoms in total. The van der Waals surface area contributed by atoms with Gasteiger partial charge in [0.1, 0.15) is 0 Å². The van der Waals surface area contributed by atoms with E-state index >= 15 is 0 Å². The van der Waals surface area contributed by atoms with E-state index < -0.39 is 5.97 Å². The molecule has 0 amide bonds. The van der Waals surface area contributed by atoms with Crippen molar-refractivity contribution in [3.63, 3.8) is 0 Å². The normalized spacial score (nSPS) is 10.2. The first-order valence-corrected chi connectivity index (χ1v) is 7.54. The van der Waals surface area contributed by atoms with Gasteiger partial charge in [-0.1, -0.05) is 36.4 Å². The topological polar surface area (TPSA) is 67.9 Å². The number of hydrogen-bond acceptors (Lipinski definition) is 4. The zero-order valence-corrected chi connectivity index (χ0v) is 13.1. The first-order valence-electron chi connectivity index (χ1n) is 7.54. The average molecular weight is 317 g/mol. The molecular weight excluding hydrogens is 302 g/mol. The number of ether oxygens (including phenoxy) is 1. The number of aromatic nitrogens is 2. The van der Waals surface area contributed by atoms with Gasteiger partial charge in [-0.25, -0.2) is 9.48 Å². The summed E-state index contributed by atoms with van der Waals surface area (Å²) in [7, 11) is 0. The van der Waals surface area contributed by atoms with E-state index in [2.05, 4.69) is 11.2 Å². The molecule has 1 heterocycles. The minimum Gasteiger partial charge on any atom is -0.462 e. The van der Waals surface area contributed by atoms with Crippen molar-refractivity contribution in [1.29, 1.82) is 5.26 Å². The molecule has 0 spiro atoms. The fourth-order valence-corrected chi connectivity index (χ4v) is 2.42. The van der Waals surface area contributed by atoms with Gasteiger partial charge in [0.05, 0.1) is 35.7 Å². The highest BCUT2D eigenvalue weighted by Crippen LogP contribution is 2.25. The minimum atomic E-state index is -0.412. The second-order valence-electron chi connectivity index (χ2n) is 5.10. The number of esters is 1. The van der Waals surface area contributed by atoms with E-state index in [4.69, 9.17) is 4.74 Å². The molecule has 0 saturated heterocycles. The molecule has 3 rings (SSSR count). The Hall–Kier alpha value is -3.39. The number of carbonyl (C=O) groups is 1. The Morgan fingerprint density at radius 1 is 1.25 bits per heavy atom. The molecule has 0 fully saturated rings. The van der Waals surface area contributed by atoms with Gasteiger partial charge in [0.15, 0.2) is 0 Å². The third-order valence-electron chi connectivity index (χ3n) is 3.57. The second-order valence-corrected chi connectivity index (χ2v) is 5.10. The van der Waals surface area contributed by atoms with Crippen LogP contribution in [0.4, 0.5) is 0 Å². The van der Waals surface area contributed by atoms with Crippen LogP contribution >= 0.6 is 0 Å². The monoisotopic (exact) mass is 317 g/mol. The van der Waals surface area contributed by atoms with E-state index in [1.165, 1.54) is 6.20 Å². The first kappa shape index (κ1) is 15.5. The molecule has 1 aromatic heterocycles. The average Bonchev–Trinajstić information content (AvgIpc) is 3.12. The van der Waals surface area contributed by atoms with Crippen molar-refractivity contribution in [3.8, 4) is 22.9 Å².